The summed E-state index contributed by atoms with van der Waals surface area (Å²) in [5.74, 6) is 1.37. The third kappa shape index (κ3) is 3.58. The van der Waals surface area contributed by atoms with E-state index in [4.69, 9.17) is 4.74 Å². The second-order valence-corrected chi connectivity index (χ2v) is 5.95. The lowest BCUT2D eigenvalue weighted by molar-refractivity contribution is -0.119. The van der Waals surface area contributed by atoms with Gasteiger partial charge in [0.15, 0.2) is 0 Å². The maximum absolute atomic E-state index is 12.1. The topological polar surface area (TPSA) is 38.3 Å². The normalized spacial score (nSPS) is 16.7. The van der Waals surface area contributed by atoms with Crippen LogP contribution in [0.15, 0.2) is 59.5 Å². The SMILES string of the molecule is O=C(CSc1ccccc1)NC1CCOc2ccccc21. The highest BCUT2D eigenvalue weighted by Crippen LogP contribution is 2.31. The fourth-order valence-electron chi connectivity index (χ4n) is 2.39. The monoisotopic (exact) mass is 299 g/mol. The Morgan fingerprint density at radius 2 is 1.90 bits per heavy atom. The quantitative estimate of drug-likeness (QED) is 0.879. The minimum atomic E-state index is 0.0545. The van der Waals surface area contributed by atoms with Crippen LogP contribution in [-0.2, 0) is 4.79 Å². The van der Waals surface area contributed by atoms with Crippen LogP contribution in [0.4, 0.5) is 0 Å². The maximum Gasteiger partial charge on any atom is 0.230 e. The maximum atomic E-state index is 12.1. The van der Waals surface area contributed by atoms with Gasteiger partial charge in [0.2, 0.25) is 5.91 Å². The van der Waals surface area contributed by atoms with Crippen molar-refractivity contribution in [3.63, 3.8) is 0 Å². The van der Waals surface area contributed by atoms with Gasteiger partial charge in [-0.2, -0.15) is 0 Å². The molecule has 0 aliphatic carbocycles. The number of carbonyl (C=O) groups is 1. The van der Waals surface area contributed by atoms with Crippen LogP contribution in [0.25, 0.3) is 0 Å². The number of fused-ring (bicyclic) bond motifs is 1. The molecule has 21 heavy (non-hydrogen) atoms. The first-order valence-electron chi connectivity index (χ1n) is 7.02. The summed E-state index contributed by atoms with van der Waals surface area (Å²) in [4.78, 5) is 13.2. The Bertz CT molecular complexity index is 615. The van der Waals surface area contributed by atoms with Crippen LogP contribution >= 0.6 is 11.8 Å². The zero-order chi connectivity index (χ0) is 14.5. The van der Waals surface area contributed by atoms with Gasteiger partial charge in [-0.15, -0.1) is 11.8 Å². The second kappa shape index (κ2) is 6.68. The molecule has 2 aromatic rings. The Morgan fingerprint density at radius 3 is 2.76 bits per heavy atom. The lowest BCUT2D eigenvalue weighted by atomic mass is 10.0. The van der Waals surface area contributed by atoms with Gasteiger partial charge in [-0.05, 0) is 18.2 Å². The second-order valence-electron chi connectivity index (χ2n) is 4.90. The Hall–Kier alpha value is -1.94. The largest absolute Gasteiger partial charge is 0.493 e. The van der Waals surface area contributed by atoms with Crippen molar-refractivity contribution in [2.45, 2.75) is 17.4 Å². The molecule has 1 aliphatic heterocycles. The van der Waals surface area contributed by atoms with E-state index in [1.54, 1.807) is 11.8 Å². The summed E-state index contributed by atoms with van der Waals surface area (Å²) in [5, 5.41) is 3.11. The fraction of sp³-hybridized carbons (Fsp3) is 0.235. The molecule has 3 nitrogen and oxygen atoms in total. The number of benzene rings is 2. The van der Waals surface area contributed by atoms with Gasteiger partial charge in [0.05, 0.1) is 18.4 Å². The van der Waals surface area contributed by atoms with Crippen LogP contribution in [0.5, 0.6) is 5.75 Å². The summed E-state index contributed by atoms with van der Waals surface area (Å²) in [6.45, 7) is 0.647. The van der Waals surface area contributed by atoms with Gasteiger partial charge in [-0.25, -0.2) is 0 Å². The third-order valence-electron chi connectivity index (χ3n) is 3.41. The summed E-state index contributed by atoms with van der Waals surface area (Å²) >= 11 is 1.56. The van der Waals surface area contributed by atoms with E-state index in [2.05, 4.69) is 5.32 Å². The molecule has 1 aliphatic rings. The van der Waals surface area contributed by atoms with Gasteiger partial charge in [0, 0.05) is 16.9 Å². The van der Waals surface area contributed by atoms with Crippen molar-refractivity contribution in [2.75, 3.05) is 12.4 Å². The summed E-state index contributed by atoms with van der Waals surface area (Å²) in [5.41, 5.74) is 1.07. The highest BCUT2D eigenvalue weighted by Gasteiger charge is 2.22. The van der Waals surface area contributed by atoms with Crippen molar-refractivity contribution in [2.24, 2.45) is 0 Å². The lowest BCUT2D eigenvalue weighted by Crippen LogP contribution is -2.33. The molecule has 0 aromatic heterocycles. The van der Waals surface area contributed by atoms with Crippen molar-refractivity contribution in [3.8, 4) is 5.75 Å². The van der Waals surface area contributed by atoms with Crippen LogP contribution in [0.3, 0.4) is 0 Å². The van der Waals surface area contributed by atoms with Crippen molar-refractivity contribution >= 4 is 17.7 Å². The first-order valence-corrected chi connectivity index (χ1v) is 8.00. The molecule has 1 unspecified atom stereocenters. The average molecular weight is 299 g/mol. The van der Waals surface area contributed by atoms with Crippen molar-refractivity contribution < 1.29 is 9.53 Å². The number of ether oxygens (including phenoxy) is 1. The van der Waals surface area contributed by atoms with E-state index in [9.17, 15) is 4.79 Å². The molecule has 0 bridgehead atoms. The minimum absolute atomic E-state index is 0.0545. The Labute approximate surface area is 128 Å². The first kappa shape index (κ1) is 14.0. The van der Waals surface area contributed by atoms with Crippen LogP contribution in [-0.4, -0.2) is 18.3 Å². The Balaban J connectivity index is 1.58. The van der Waals surface area contributed by atoms with Crippen LogP contribution in [0.1, 0.15) is 18.0 Å². The molecule has 0 radical (unpaired) electrons. The van der Waals surface area contributed by atoms with E-state index in [-0.39, 0.29) is 11.9 Å². The van der Waals surface area contributed by atoms with E-state index < -0.39 is 0 Å². The number of hydrogen-bond acceptors (Lipinski definition) is 3. The predicted octanol–water partition coefficient (Wildman–Crippen LogP) is 3.42. The van der Waals surface area contributed by atoms with Crippen molar-refractivity contribution in [1.82, 2.24) is 5.32 Å². The number of thioether (sulfide) groups is 1. The molecule has 0 saturated carbocycles. The van der Waals surface area contributed by atoms with Crippen LogP contribution < -0.4 is 10.1 Å². The van der Waals surface area contributed by atoms with Crippen LogP contribution in [0, 0.1) is 0 Å². The number of amides is 1. The molecule has 3 rings (SSSR count). The first-order chi connectivity index (χ1) is 10.3. The molecule has 1 N–H and O–H groups in total. The summed E-state index contributed by atoms with van der Waals surface area (Å²) in [6, 6.07) is 17.9. The smallest absolute Gasteiger partial charge is 0.230 e. The van der Waals surface area contributed by atoms with Gasteiger partial charge < -0.3 is 10.1 Å². The van der Waals surface area contributed by atoms with Gasteiger partial charge >= 0.3 is 0 Å². The summed E-state index contributed by atoms with van der Waals surface area (Å²) < 4.78 is 5.61. The van der Waals surface area contributed by atoms with Crippen molar-refractivity contribution in [1.29, 1.82) is 0 Å². The number of para-hydroxylation sites is 1. The zero-order valence-corrected chi connectivity index (χ0v) is 12.4. The lowest BCUT2D eigenvalue weighted by Gasteiger charge is -2.26. The zero-order valence-electron chi connectivity index (χ0n) is 11.6. The van der Waals surface area contributed by atoms with E-state index in [0.717, 1.165) is 22.6 Å². The molecular formula is C17H17NO2S. The fourth-order valence-corrected chi connectivity index (χ4v) is 3.12. The van der Waals surface area contributed by atoms with Gasteiger partial charge in [0.1, 0.15) is 5.75 Å². The number of carbonyl (C=O) groups excluding carboxylic acids is 1. The van der Waals surface area contributed by atoms with E-state index in [1.807, 2.05) is 54.6 Å². The Kier molecular flexibility index (Phi) is 4.46. The molecule has 1 heterocycles. The molecule has 2 aromatic carbocycles. The molecule has 4 heteroatoms. The van der Waals surface area contributed by atoms with Crippen molar-refractivity contribution in [3.05, 3.63) is 60.2 Å². The number of hydrogen-bond donors (Lipinski definition) is 1. The molecule has 0 fully saturated rings. The van der Waals surface area contributed by atoms with E-state index in [0.29, 0.717) is 12.4 Å². The third-order valence-corrected chi connectivity index (χ3v) is 4.42. The van der Waals surface area contributed by atoms with Gasteiger partial charge in [-0.3, -0.25) is 4.79 Å². The highest BCUT2D eigenvalue weighted by molar-refractivity contribution is 8.00. The molecular weight excluding hydrogens is 282 g/mol. The van der Waals surface area contributed by atoms with E-state index in [1.165, 1.54) is 0 Å². The average Bonchev–Trinajstić information content (AvgIpc) is 2.54. The van der Waals surface area contributed by atoms with E-state index >= 15 is 0 Å². The molecule has 0 saturated heterocycles. The van der Waals surface area contributed by atoms with Gasteiger partial charge in [0.25, 0.3) is 0 Å². The summed E-state index contributed by atoms with van der Waals surface area (Å²) in [6.07, 6.45) is 0.818. The minimum Gasteiger partial charge on any atom is -0.493 e. The van der Waals surface area contributed by atoms with Crippen LogP contribution in [0.2, 0.25) is 0 Å². The number of rotatable bonds is 4. The predicted molar refractivity (Wildman–Crippen MR) is 84.6 cm³/mol. The molecule has 108 valence electrons. The van der Waals surface area contributed by atoms with Gasteiger partial charge in [-0.1, -0.05) is 36.4 Å². The number of nitrogens with one attached hydrogen (secondary N) is 1. The molecule has 1 amide bonds. The summed E-state index contributed by atoms with van der Waals surface area (Å²) in [7, 11) is 0. The standard InChI is InChI=1S/C17H17NO2S/c19-17(12-21-13-6-2-1-3-7-13)18-15-10-11-20-16-9-5-4-8-14(15)16/h1-9,15H,10-12H2,(H,18,19). The molecule has 0 spiro atoms. The molecule has 1 atom stereocenters. The Morgan fingerprint density at radius 1 is 1.14 bits per heavy atom. The highest BCUT2D eigenvalue weighted by atomic mass is 32.2.